The molecular formula is C55H33N3. The molecular weight excluding hydrogens is 703 g/mol. The second-order valence-corrected chi connectivity index (χ2v) is 15.1. The summed E-state index contributed by atoms with van der Waals surface area (Å²) in [6.07, 6.45) is 0. The molecule has 0 N–H and O–H groups in total. The van der Waals surface area contributed by atoms with E-state index in [0.717, 1.165) is 77.6 Å². The number of rotatable bonds is 4. The molecule has 0 unspecified atom stereocenters. The molecule has 0 amide bonds. The Morgan fingerprint density at radius 2 is 0.759 bits per heavy atom. The average molecular weight is 736 g/mol. The predicted molar refractivity (Wildman–Crippen MR) is 244 cm³/mol. The van der Waals surface area contributed by atoms with Crippen LogP contribution in [-0.4, -0.2) is 15.0 Å². The van der Waals surface area contributed by atoms with Crippen molar-refractivity contribution in [1.29, 1.82) is 0 Å². The van der Waals surface area contributed by atoms with Gasteiger partial charge in [-0.25, -0.2) is 15.0 Å². The minimum atomic E-state index is 0.911. The first-order chi connectivity index (χ1) is 28.7. The lowest BCUT2D eigenvalue weighted by molar-refractivity contribution is 1.37. The van der Waals surface area contributed by atoms with E-state index in [1.165, 1.54) is 43.1 Å². The van der Waals surface area contributed by atoms with E-state index in [1.807, 2.05) is 6.07 Å². The lowest BCUT2D eigenvalue weighted by Gasteiger charge is -2.16. The SMILES string of the molecule is c1ccc(-c2ccc3ccc4ccc(-c5ccc6ccc(-c7cccc(-c8nc9ccccc9c9c%10ccccc%10c%10ccccc%10c89)c7)cc6c5)nc4c3n2)cc1. The minimum absolute atomic E-state index is 0.911. The lowest BCUT2D eigenvalue weighted by Crippen LogP contribution is -1.93. The molecule has 3 aromatic heterocycles. The summed E-state index contributed by atoms with van der Waals surface area (Å²) < 4.78 is 0. The van der Waals surface area contributed by atoms with Crippen molar-refractivity contribution in [3.8, 4) is 44.9 Å². The fourth-order valence-electron chi connectivity index (χ4n) is 8.96. The summed E-state index contributed by atoms with van der Waals surface area (Å²) in [4.78, 5) is 15.8. The molecule has 0 atom stereocenters. The Hall–Kier alpha value is -7.75. The Morgan fingerprint density at radius 1 is 0.259 bits per heavy atom. The number of benzene rings is 9. The van der Waals surface area contributed by atoms with Crippen LogP contribution in [0.25, 0.3) is 121 Å². The van der Waals surface area contributed by atoms with Crippen molar-refractivity contribution >= 4 is 75.8 Å². The van der Waals surface area contributed by atoms with Gasteiger partial charge in [-0.15, -0.1) is 0 Å². The van der Waals surface area contributed by atoms with Crippen LogP contribution < -0.4 is 0 Å². The van der Waals surface area contributed by atoms with Crippen molar-refractivity contribution in [2.24, 2.45) is 0 Å². The van der Waals surface area contributed by atoms with Gasteiger partial charge in [0.25, 0.3) is 0 Å². The smallest absolute Gasteiger partial charge is 0.0972 e. The molecule has 12 aromatic rings. The van der Waals surface area contributed by atoms with Gasteiger partial charge in [-0.3, -0.25) is 0 Å². The average Bonchev–Trinajstić information content (AvgIpc) is 3.30. The zero-order valence-corrected chi connectivity index (χ0v) is 31.4. The Labute approximate surface area is 334 Å². The summed E-state index contributed by atoms with van der Waals surface area (Å²) >= 11 is 0. The van der Waals surface area contributed by atoms with E-state index in [-0.39, 0.29) is 0 Å². The van der Waals surface area contributed by atoms with Gasteiger partial charge in [0.15, 0.2) is 0 Å². The molecule has 12 rings (SSSR count). The van der Waals surface area contributed by atoms with Crippen LogP contribution >= 0.6 is 0 Å². The van der Waals surface area contributed by atoms with Crippen molar-refractivity contribution in [2.45, 2.75) is 0 Å². The van der Waals surface area contributed by atoms with Gasteiger partial charge in [0.2, 0.25) is 0 Å². The standard InChI is InChI=1S/C55H33N3/c1-2-11-35(12-3-1)48-29-27-36-23-24-37-28-30-49(57-55(37)54(36)56-48)40-26-22-34-21-25-39(32-42(34)33-40)38-13-10-14-41(31-38)53-52-46-18-7-5-16-44(46)43-15-4-6-17-45(43)51(52)47-19-8-9-20-50(47)58-53/h1-33H. The molecule has 3 heterocycles. The number of pyridine rings is 3. The van der Waals surface area contributed by atoms with Gasteiger partial charge in [0.05, 0.1) is 33.6 Å². The third-order valence-corrected chi connectivity index (χ3v) is 11.8. The Balaban J connectivity index is 0.989. The van der Waals surface area contributed by atoms with E-state index in [1.54, 1.807) is 0 Å². The molecule has 0 bridgehead atoms. The number of fused-ring (bicyclic) bond motifs is 12. The summed E-state index contributed by atoms with van der Waals surface area (Å²) in [5.74, 6) is 0. The molecule has 3 nitrogen and oxygen atoms in total. The molecule has 0 aliphatic heterocycles. The Bertz CT molecular complexity index is 3630. The van der Waals surface area contributed by atoms with Crippen LogP contribution in [0.3, 0.4) is 0 Å². The minimum Gasteiger partial charge on any atom is -0.247 e. The van der Waals surface area contributed by atoms with Crippen LogP contribution in [0.2, 0.25) is 0 Å². The largest absolute Gasteiger partial charge is 0.247 e. The maximum Gasteiger partial charge on any atom is 0.0972 e. The summed E-state index contributed by atoms with van der Waals surface area (Å²) in [6.45, 7) is 0. The summed E-state index contributed by atoms with van der Waals surface area (Å²) in [5, 5.41) is 13.1. The van der Waals surface area contributed by atoms with Gasteiger partial charge in [0.1, 0.15) is 0 Å². The number of para-hydroxylation sites is 1. The molecule has 0 fully saturated rings. The van der Waals surface area contributed by atoms with Crippen LogP contribution in [0.1, 0.15) is 0 Å². The zero-order chi connectivity index (χ0) is 38.2. The maximum absolute atomic E-state index is 5.41. The molecule has 268 valence electrons. The van der Waals surface area contributed by atoms with Crippen LogP contribution in [0.5, 0.6) is 0 Å². The van der Waals surface area contributed by atoms with Gasteiger partial charge in [0, 0.05) is 43.6 Å². The second-order valence-electron chi connectivity index (χ2n) is 15.1. The molecule has 0 saturated carbocycles. The highest BCUT2D eigenvalue weighted by molar-refractivity contribution is 6.33. The van der Waals surface area contributed by atoms with E-state index < -0.39 is 0 Å². The predicted octanol–water partition coefficient (Wildman–Crippen LogP) is 14.6. The van der Waals surface area contributed by atoms with E-state index in [2.05, 4.69) is 194 Å². The fraction of sp³-hybridized carbons (Fsp3) is 0. The molecule has 0 spiro atoms. The van der Waals surface area contributed by atoms with Crippen molar-refractivity contribution in [1.82, 2.24) is 15.0 Å². The Morgan fingerprint density at radius 3 is 1.48 bits per heavy atom. The van der Waals surface area contributed by atoms with Crippen LogP contribution in [0, 0.1) is 0 Å². The maximum atomic E-state index is 5.41. The molecule has 9 aromatic carbocycles. The highest BCUT2D eigenvalue weighted by Gasteiger charge is 2.18. The number of hydrogen-bond acceptors (Lipinski definition) is 3. The van der Waals surface area contributed by atoms with Crippen molar-refractivity contribution < 1.29 is 0 Å². The summed E-state index contributed by atoms with van der Waals surface area (Å²) in [7, 11) is 0. The Kier molecular flexibility index (Phi) is 7.23. The molecule has 0 radical (unpaired) electrons. The van der Waals surface area contributed by atoms with Gasteiger partial charge >= 0.3 is 0 Å². The monoisotopic (exact) mass is 735 g/mol. The summed E-state index contributed by atoms with van der Waals surface area (Å²) in [5.41, 5.74) is 11.3. The molecule has 0 saturated heterocycles. The number of hydrogen-bond donors (Lipinski definition) is 0. The van der Waals surface area contributed by atoms with Gasteiger partial charge in [-0.05, 0) is 79.8 Å². The van der Waals surface area contributed by atoms with E-state index in [4.69, 9.17) is 15.0 Å². The number of nitrogens with zero attached hydrogens (tertiary/aromatic N) is 3. The van der Waals surface area contributed by atoms with E-state index in [9.17, 15) is 0 Å². The first-order valence-electron chi connectivity index (χ1n) is 19.8. The highest BCUT2D eigenvalue weighted by atomic mass is 14.8. The third kappa shape index (κ3) is 5.18. The van der Waals surface area contributed by atoms with Crippen LogP contribution in [0.15, 0.2) is 200 Å². The molecule has 58 heavy (non-hydrogen) atoms. The van der Waals surface area contributed by atoms with Crippen LogP contribution in [-0.2, 0) is 0 Å². The lowest BCUT2D eigenvalue weighted by atomic mass is 9.89. The van der Waals surface area contributed by atoms with Crippen LogP contribution in [0.4, 0.5) is 0 Å². The normalized spacial score (nSPS) is 11.8. The van der Waals surface area contributed by atoms with Gasteiger partial charge in [-0.2, -0.15) is 0 Å². The van der Waals surface area contributed by atoms with E-state index >= 15 is 0 Å². The van der Waals surface area contributed by atoms with Gasteiger partial charge in [-0.1, -0.05) is 164 Å². The second kappa shape index (κ2) is 12.9. The van der Waals surface area contributed by atoms with Gasteiger partial charge < -0.3 is 0 Å². The molecule has 3 heteroatoms. The highest BCUT2D eigenvalue weighted by Crippen LogP contribution is 2.43. The first kappa shape index (κ1) is 32.5. The molecule has 0 aliphatic carbocycles. The van der Waals surface area contributed by atoms with Crippen molar-refractivity contribution in [3.63, 3.8) is 0 Å². The van der Waals surface area contributed by atoms with Crippen molar-refractivity contribution in [2.75, 3.05) is 0 Å². The topological polar surface area (TPSA) is 38.7 Å². The quantitative estimate of drug-likeness (QED) is 0.169. The zero-order valence-electron chi connectivity index (χ0n) is 31.4. The third-order valence-electron chi connectivity index (χ3n) is 11.8. The number of aromatic nitrogens is 3. The first-order valence-corrected chi connectivity index (χ1v) is 19.8. The summed E-state index contributed by atoms with van der Waals surface area (Å²) in [6, 6.07) is 71.5. The van der Waals surface area contributed by atoms with E-state index in [0.29, 0.717) is 0 Å². The molecule has 0 aliphatic rings. The van der Waals surface area contributed by atoms with Crippen molar-refractivity contribution in [3.05, 3.63) is 200 Å². The fourth-order valence-corrected chi connectivity index (χ4v) is 8.96.